The van der Waals surface area contributed by atoms with Gasteiger partial charge in [-0.3, -0.25) is 14.7 Å². The third-order valence-corrected chi connectivity index (χ3v) is 4.90. The van der Waals surface area contributed by atoms with E-state index in [1.165, 1.54) is 11.1 Å². The van der Waals surface area contributed by atoms with Crippen LogP contribution in [0.5, 0.6) is 0 Å². The number of aromatic carboxylic acids is 1. The number of hydrogen-bond donors (Lipinski definition) is 3. The van der Waals surface area contributed by atoms with E-state index in [1.807, 2.05) is 6.07 Å². The molecule has 0 unspecified atom stereocenters. The Hall–Kier alpha value is -3.72. The molecule has 0 aromatic carbocycles. The fourth-order valence-electron chi connectivity index (χ4n) is 3.20. The molecule has 0 aliphatic carbocycles. The molecule has 3 aromatic rings. The molecule has 4 rings (SSSR count). The van der Waals surface area contributed by atoms with E-state index in [1.54, 1.807) is 31.5 Å². The molecule has 146 valence electrons. The molecular weight excluding hydrogens is 396 g/mol. The summed E-state index contributed by atoms with van der Waals surface area (Å²) in [5.41, 5.74) is 8.23. The molecule has 0 bridgehead atoms. The van der Waals surface area contributed by atoms with Gasteiger partial charge in [-0.2, -0.15) is 4.98 Å². The number of carbonyl (C=O) groups excluding carboxylic acids is 1. The second-order valence-electron chi connectivity index (χ2n) is 6.43. The standard InChI is InChI=1S/C19H15ClN6O3/c1-9-12(18(28)29)7-23-13(9)5-11-14-15(20)24-19(21)25-16(14)26(17(11)27)8-10-3-2-4-22-6-10/h2-7,23H,8H2,1H3,(H,28,29)(H2,21,24,25)/b11-5-. The summed E-state index contributed by atoms with van der Waals surface area (Å²) in [5.74, 6) is -1.17. The molecule has 4 heterocycles. The minimum Gasteiger partial charge on any atom is -0.478 e. The van der Waals surface area contributed by atoms with Crippen LogP contribution in [0.1, 0.15) is 32.7 Å². The van der Waals surface area contributed by atoms with Gasteiger partial charge in [0.25, 0.3) is 5.91 Å². The first-order valence-corrected chi connectivity index (χ1v) is 8.91. The molecule has 9 nitrogen and oxygen atoms in total. The highest BCUT2D eigenvalue weighted by atomic mass is 35.5. The average molecular weight is 411 g/mol. The van der Waals surface area contributed by atoms with Crippen LogP contribution in [-0.2, 0) is 11.3 Å². The third-order valence-electron chi connectivity index (χ3n) is 4.63. The first-order chi connectivity index (χ1) is 13.9. The Bertz CT molecular complexity index is 1170. The van der Waals surface area contributed by atoms with E-state index in [2.05, 4.69) is 19.9 Å². The molecule has 0 fully saturated rings. The van der Waals surface area contributed by atoms with Crippen LogP contribution in [-0.4, -0.2) is 36.9 Å². The largest absolute Gasteiger partial charge is 0.478 e. The molecule has 10 heteroatoms. The van der Waals surface area contributed by atoms with Crippen molar-refractivity contribution in [1.82, 2.24) is 19.9 Å². The van der Waals surface area contributed by atoms with Gasteiger partial charge in [-0.15, -0.1) is 0 Å². The number of carboxylic acids is 1. The lowest BCUT2D eigenvalue weighted by Gasteiger charge is -2.16. The van der Waals surface area contributed by atoms with Crippen molar-refractivity contribution < 1.29 is 14.7 Å². The van der Waals surface area contributed by atoms with Crippen LogP contribution < -0.4 is 10.6 Å². The SMILES string of the molecule is Cc1c(C(=O)O)c[nH]c1/C=C1\C(=O)N(Cc2cccnc2)c2nc(N)nc(Cl)c21. The van der Waals surface area contributed by atoms with Crippen molar-refractivity contribution in [3.05, 3.63) is 63.8 Å². The molecule has 0 saturated heterocycles. The van der Waals surface area contributed by atoms with E-state index in [0.29, 0.717) is 22.6 Å². The summed E-state index contributed by atoms with van der Waals surface area (Å²) in [6, 6.07) is 3.60. The Morgan fingerprint density at radius 1 is 1.41 bits per heavy atom. The quantitative estimate of drug-likeness (QED) is 0.443. The molecule has 0 saturated carbocycles. The second kappa shape index (κ2) is 7.02. The molecule has 1 amide bonds. The van der Waals surface area contributed by atoms with Gasteiger partial charge < -0.3 is 15.8 Å². The number of amides is 1. The zero-order chi connectivity index (χ0) is 20.7. The van der Waals surface area contributed by atoms with Crippen LogP contribution in [0, 0.1) is 6.92 Å². The Kier molecular flexibility index (Phi) is 4.51. The number of nitrogen functional groups attached to an aromatic ring is 1. The van der Waals surface area contributed by atoms with Gasteiger partial charge in [-0.05, 0) is 30.2 Å². The molecule has 0 radical (unpaired) electrons. The molecule has 3 aromatic heterocycles. The molecule has 4 N–H and O–H groups in total. The van der Waals surface area contributed by atoms with Gasteiger partial charge in [0.1, 0.15) is 5.15 Å². The number of pyridine rings is 1. The number of anilines is 2. The zero-order valence-electron chi connectivity index (χ0n) is 15.2. The molecule has 0 atom stereocenters. The minimum absolute atomic E-state index is 0.0449. The zero-order valence-corrected chi connectivity index (χ0v) is 15.9. The van der Waals surface area contributed by atoms with Crippen LogP contribution in [0.25, 0.3) is 11.6 Å². The van der Waals surface area contributed by atoms with Gasteiger partial charge >= 0.3 is 5.97 Å². The van der Waals surface area contributed by atoms with Crippen LogP contribution >= 0.6 is 11.6 Å². The summed E-state index contributed by atoms with van der Waals surface area (Å²) >= 11 is 6.30. The van der Waals surface area contributed by atoms with Gasteiger partial charge in [-0.25, -0.2) is 9.78 Å². The van der Waals surface area contributed by atoms with E-state index < -0.39 is 5.97 Å². The summed E-state index contributed by atoms with van der Waals surface area (Å²) in [6.07, 6.45) is 6.21. The van der Waals surface area contributed by atoms with E-state index in [4.69, 9.17) is 17.3 Å². The molecule has 1 aliphatic heterocycles. The number of carboxylic acid groups (broad SMARTS) is 1. The number of nitrogens with zero attached hydrogens (tertiary/aromatic N) is 4. The molecule has 29 heavy (non-hydrogen) atoms. The van der Waals surface area contributed by atoms with Crippen molar-refractivity contribution in [2.75, 3.05) is 10.6 Å². The Labute approximate surface area is 169 Å². The molecular formula is C19H15ClN6O3. The van der Waals surface area contributed by atoms with Crippen LogP contribution in [0.4, 0.5) is 11.8 Å². The fraction of sp³-hybridized carbons (Fsp3) is 0.105. The monoisotopic (exact) mass is 410 g/mol. The maximum atomic E-state index is 13.2. The van der Waals surface area contributed by atoms with Crippen molar-refractivity contribution >= 4 is 46.9 Å². The predicted octanol–water partition coefficient (Wildman–Crippen LogP) is 2.53. The van der Waals surface area contributed by atoms with Crippen molar-refractivity contribution in [3.63, 3.8) is 0 Å². The Morgan fingerprint density at radius 2 is 2.21 bits per heavy atom. The number of aromatic amines is 1. The van der Waals surface area contributed by atoms with Gasteiger partial charge in [0.15, 0.2) is 5.82 Å². The lowest BCUT2D eigenvalue weighted by Crippen LogP contribution is -2.26. The van der Waals surface area contributed by atoms with Crippen molar-refractivity contribution in [1.29, 1.82) is 0 Å². The van der Waals surface area contributed by atoms with Crippen molar-refractivity contribution in [2.24, 2.45) is 0 Å². The highest BCUT2D eigenvalue weighted by molar-refractivity contribution is 6.41. The fourth-order valence-corrected chi connectivity index (χ4v) is 3.47. The number of halogens is 1. The number of nitrogens with two attached hydrogens (primary N) is 1. The van der Waals surface area contributed by atoms with Crippen molar-refractivity contribution in [2.45, 2.75) is 13.5 Å². The number of carbonyl (C=O) groups is 2. The summed E-state index contributed by atoms with van der Waals surface area (Å²) in [4.78, 5) is 41.1. The normalized spacial score (nSPS) is 14.5. The number of hydrogen-bond acceptors (Lipinski definition) is 6. The second-order valence-corrected chi connectivity index (χ2v) is 6.79. The molecule has 0 spiro atoms. The summed E-state index contributed by atoms with van der Waals surface area (Å²) in [6.45, 7) is 1.87. The van der Waals surface area contributed by atoms with Gasteiger partial charge in [-0.1, -0.05) is 17.7 Å². The smallest absolute Gasteiger partial charge is 0.337 e. The number of aromatic nitrogens is 4. The van der Waals surface area contributed by atoms with Crippen molar-refractivity contribution in [3.8, 4) is 0 Å². The third kappa shape index (κ3) is 3.21. The Balaban J connectivity index is 1.84. The van der Waals surface area contributed by atoms with Gasteiger partial charge in [0, 0.05) is 24.3 Å². The summed E-state index contributed by atoms with van der Waals surface area (Å²) in [5, 5.41) is 9.30. The number of rotatable bonds is 4. The highest BCUT2D eigenvalue weighted by Crippen LogP contribution is 2.41. The maximum Gasteiger partial charge on any atom is 0.337 e. The average Bonchev–Trinajstić information content (AvgIpc) is 3.16. The predicted molar refractivity (Wildman–Crippen MR) is 107 cm³/mol. The number of fused-ring (bicyclic) bond motifs is 1. The number of H-pyrrole nitrogens is 1. The lowest BCUT2D eigenvalue weighted by molar-refractivity contribution is -0.113. The minimum atomic E-state index is -1.06. The first kappa shape index (κ1) is 18.6. The van der Waals surface area contributed by atoms with E-state index >= 15 is 0 Å². The number of nitrogens with one attached hydrogen (secondary N) is 1. The van der Waals surface area contributed by atoms with Crippen LogP contribution in [0.2, 0.25) is 5.15 Å². The van der Waals surface area contributed by atoms with Gasteiger partial charge in [0.05, 0.1) is 23.2 Å². The van der Waals surface area contributed by atoms with Crippen LogP contribution in [0.3, 0.4) is 0 Å². The lowest BCUT2D eigenvalue weighted by atomic mass is 10.1. The first-order valence-electron chi connectivity index (χ1n) is 8.54. The topological polar surface area (TPSA) is 138 Å². The Morgan fingerprint density at radius 3 is 2.86 bits per heavy atom. The van der Waals surface area contributed by atoms with Crippen LogP contribution in [0.15, 0.2) is 30.7 Å². The van der Waals surface area contributed by atoms with Gasteiger partial charge in [0.2, 0.25) is 5.95 Å². The van der Waals surface area contributed by atoms with E-state index in [-0.39, 0.29) is 34.7 Å². The summed E-state index contributed by atoms with van der Waals surface area (Å²) < 4.78 is 0. The van der Waals surface area contributed by atoms with E-state index in [9.17, 15) is 14.7 Å². The molecule has 1 aliphatic rings. The maximum absolute atomic E-state index is 13.2. The summed E-state index contributed by atoms with van der Waals surface area (Å²) in [7, 11) is 0. The van der Waals surface area contributed by atoms with E-state index in [0.717, 1.165) is 5.56 Å². The highest BCUT2D eigenvalue weighted by Gasteiger charge is 2.37.